The lowest BCUT2D eigenvalue weighted by Crippen LogP contribution is -2.22. The van der Waals surface area contributed by atoms with E-state index in [1.165, 1.54) is 0 Å². The van der Waals surface area contributed by atoms with E-state index in [1.807, 2.05) is 0 Å². The van der Waals surface area contributed by atoms with Crippen LogP contribution in [0.5, 0.6) is 5.75 Å². The molecule has 0 fully saturated rings. The maximum absolute atomic E-state index is 11.7. The molecule has 1 aromatic heterocycles. The molecule has 5 nitrogen and oxygen atoms in total. The Labute approximate surface area is 102 Å². The van der Waals surface area contributed by atoms with Crippen LogP contribution in [0, 0.1) is 0 Å². The second kappa shape index (κ2) is 4.57. The third-order valence-electron chi connectivity index (χ3n) is 2.25. The average Bonchev–Trinajstić information content (AvgIpc) is 2.31. The van der Waals surface area contributed by atoms with Crippen molar-refractivity contribution in [1.29, 1.82) is 0 Å². The van der Waals surface area contributed by atoms with Gasteiger partial charge in [0.15, 0.2) is 0 Å². The highest BCUT2D eigenvalue weighted by Gasteiger charge is 2.07. The van der Waals surface area contributed by atoms with Crippen molar-refractivity contribution in [1.82, 2.24) is 9.78 Å². The van der Waals surface area contributed by atoms with E-state index in [0.29, 0.717) is 10.7 Å². The molecule has 2 aromatic rings. The number of aromatic hydroxyl groups is 1. The topological polar surface area (TPSA) is 81.1 Å². The van der Waals surface area contributed by atoms with Crippen LogP contribution in [0.25, 0.3) is 5.69 Å². The standard InChI is InChI=1S/C11H10ClN3O2/c12-7-1-3-8(4-2-7)15-11(17)5-10(16)9(6-13)14-15/h1-5,16H,6,13H2. The molecular weight excluding hydrogens is 242 g/mol. The zero-order valence-electron chi connectivity index (χ0n) is 8.80. The highest BCUT2D eigenvalue weighted by molar-refractivity contribution is 6.30. The van der Waals surface area contributed by atoms with Crippen molar-refractivity contribution in [2.24, 2.45) is 5.73 Å². The smallest absolute Gasteiger partial charge is 0.275 e. The highest BCUT2D eigenvalue weighted by atomic mass is 35.5. The van der Waals surface area contributed by atoms with E-state index >= 15 is 0 Å². The first-order chi connectivity index (χ1) is 8.11. The SMILES string of the molecule is NCc1nn(-c2ccc(Cl)cc2)c(=O)cc1O. The van der Waals surface area contributed by atoms with Crippen LogP contribution < -0.4 is 11.3 Å². The molecule has 0 aliphatic carbocycles. The van der Waals surface area contributed by atoms with Crippen molar-refractivity contribution >= 4 is 11.6 Å². The largest absolute Gasteiger partial charge is 0.506 e. The second-order valence-corrected chi connectivity index (χ2v) is 3.84. The van der Waals surface area contributed by atoms with E-state index in [-0.39, 0.29) is 18.0 Å². The number of hydrogen-bond donors (Lipinski definition) is 2. The molecule has 3 N–H and O–H groups in total. The molecule has 0 unspecified atom stereocenters. The number of aromatic nitrogens is 2. The van der Waals surface area contributed by atoms with Crippen LogP contribution in [-0.2, 0) is 6.54 Å². The van der Waals surface area contributed by atoms with Gasteiger partial charge in [-0.05, 0) is 24.3 Å². The Kier molecular flexibility index (Phi) is 3.12. The zero-order valence-corrected chi connectivity index (χ0v) is 9.55. The van der Waals surface area contributed by atoms with Gasteiger partial charge in [-0.1, -0.05) is 11.6 Å². The first-order valence-corrected chi connectivity index (χ1v) is 5.28. The van der Waals surface area contributed by atoms with Gasteiger partial charge in [-0.15, -0.1) is 0 Å². The molecular formula is C11H10ClN3O2. The third-order valence-corrected chi connectivity index (χ3v) is 2.50. The fraction of sp³-hybridized carbons (Fsp3) is 0.0909. The van der Waals surface area contributed by atoms with Gasteiger partial charge >= 0.3 is 0 Å². The van der Waals surface area contributed by atoms with Crippen LogP contribution in [0.4, 0.5) is 0 Å². The number of nitrogens with zero attached hydrogens (tertiary/aromatic N) is 2. The summed E-state index contributed by atoms with van der Waals surface area (Å²) in [5.41, 5.74) is 5.81. The summed E-state index contributed by atoms with van der Waals surface area (Å²) < 4.78 is 1.16. The molecule has 1 heterocycles. The Morgan fingerprint density at radius 2 is 2.00 bits per heavy atom. The van der Waals surface area contributed by atoms with Gasteiger partial charge in [0.1, 0.15) is 11.4 Å². The lowest BCUT2D eigenvalue weighted by atomic mass is 10.3. The minimum absolute atomic E-state index is 0.0553. The number of rotatable bonds is 2. The van der Waals surface area contributed by atoms with Crippen LogP contribution in [0.2, 0.25) is 5.02 Å². The summed E-state index contributed by atoms with van der Waals surface area (Å²) in [5, 5.41) is 14.0. The predicted octanol–water partition coefficient (Wildman–Crippen LogP) is 1.05. The second-order valence-electron chi connectivity index (χ2n) is 3.41. The molecule has 0 radical (unpaired) electrons. The summed E-state index contributed by atoms with van der Waals surface area (Å²) in [5.74, 6) is -0.192. The Hall–Kier alpha value is -1.85. The molecule has 0 amide bonds. The van der Waals surface area contributed by atoms with Crippen LogP contribution >= 0.6 is 11.6 Å². The van der Waals surface area contributed by atoms with Gasteiger partial charge in [-0.25, -0.2) is 0 Å². The number of hydrogen-bond acceptors (Lipinski definition) is 4. The van der Waals surface area contributed by atoms with Gasteiger partial charge in [0, 0.05) is 17.6 Å². The van der Waals surface area contributed by atoms with E-state index < -0.39 is 5.56 Å². The van der Waals surface area contributed by atoms with Gasteiger partial charge in [-0.3, -0.25) is 4.79 Å². The molecule has 0 aliphatic heterocycles. The molecule has 0 bridgehead atoms. The predicted molar refractivity (Wildman–Crippen MR) is 64.4 cm³/mol. The molecule has 0 saturated heterocycles. The quantitative estimate of drug-likeness (QED) is 0.836. The zero-order chi connectivity index (χ0) is 12.4. The van der Waals surface area contributed by atoms with Gasteiger partial charge in [0.25, 0.3) is 5.56 Å². The maximum atomic E-state index is 11.7. The van der Waals surface area contributed by atoms with Crippen molar-refractivity contribution in [2.45, 2.75) is 6.54 Å². The lowest BCUT2D eigenvalue weighted by molar-refractivity contribution is 0.457. The van der Waals surface area contributed by atoms with Crippen molar-refractivity contribution in [3.8, 4) is 11.4 Å². The summed E-state index contributed by atoms with van der Waals surface area (Å²) in [6.07, 6.45) is 0. The van der Waals surface area contributed by atoms with Gasteiger partial charge < -0.3 is 10.8 Å². The first kappa shape index (κ1) is 11.6. The minimum atomic E-state index is -0.429. The summed E-state index contributed by atoms with van der Waals surface area (Å²) in [6.45, 7) is 0.0553. The average molecular weight is 252 g/mol. The van der Waals surface area contributed by atoms with Crippen LogP contribution in [0.1, 0.15) is 5.69 Å². The third kappa shape index (κ3) is 2.30. The van der Waals surface area contributed by atoms with Crippen LogP contribution in [0.3, 0.4) is 0 Å². The molecule has 0 aliphatic rings. The van der Waals surface area contributed by atoms with Gasteiger partial charge in [0.05, 0.1) is 5.69 Å². The van der Waals surface area contributed by atoms with E-state index in [1.54, 1.807) is 24.3 Å². The summed E-state index contributed by atoms with van der Waals surface area (Å²) >= 11 is 5.75. The molecule has 0 atom stereocenters. The Bertz CT molecular complexity index is 593. The molecule has 0 spiro atoms. The minimum Gasteiger partial charge on any atom is -0.506 e. The van der Waals surface area contributed by atoms with Crippen molar-refractivity contribution in [3.63, 3.8) is 0 Å². The van der Waals surface area contributed by atoms with E-state index in [9.17, 15) is 9.90 Å². The lowest BCUT2D eigenvalue weighted by Gasteiger charge is -2.07. The monoisotopic (exact) mass is 251 g/mol. The molecule has 2 rings (SSSR count). The van der Waals surface area contributed by atoms with Crippen molar-refractivity contribution in [3.05, 3.63) is 51.4 Å². The maximum Gasteiger partial charge on any atom is 0.275 e. The Balaban J connectivity index is 2.59. The summed E-state index contributed by atoms with van der Waals surface area (Å²) in [7, 11) is 0. The molecule has 0 saturated carbocycles. The van der Waals surface area contributed by atoms with E-state index in [0.717, 1.165) is 10.7 Å². The van der Waals surface area contributed by atoms with Crippen molar-refractivity contribution < 1.29 is 5.11 Å². The first-order valence-electron chi connectivity index (χ1n) is 4.90. The summed E-state index contributed by atoms with van der Waals surface area (Å²) in [4.78, 5) is 11.7. The fourth-order valence-corrected chi connectivity index (χ4v) is 1.52. The Morgan fingerprint density at radius 3 is 2.59 bits per heavy atom. The van der Waals surface area contributed by atoms with E-state index in [2.05, 4.69) is 5.10 Å². The van der Waals surface area contributed by atoms with Crippen molar-refractivity contribution in [2.75, 3.05) is 0 Å². The fourth-order valence-electron chi connectivity index (χ4n) is 1.40. The van der Waals surface area contributed by atoms with Gasteiger partial charge in [-0.2, -0.15) is 9.78 Å². The number of nitrogens with two attached hydrogens (primary N) is 1. The molecule has 6 heteroatoms. The number of benzene rings is 1. The summed E-state index contributed by atoms with van der Waals surface area (Å²) in [6, 6.07) is 7.71. The Morgan fingerprint density at radius 1 is 1.35 bits per heavy atom. The molecule has 1 aromatic carbocycles. The molecule has 17 heavy (non-hydrogen) atoms. The number of halogens is 1. The highest BCUT2D eigenvalue weighted by Crippen LogP contribution is 2.14. The van der Waals surface area contributed by atoms with E-state index in [4.69, 9.17) is 17.3 Å². The van der Waals surface area contributed by atoms with Crippen LogP contribution in [-0.4, -0.2) is 14.9 Å². The van der Waals surface area contributed by atoms with Crippen LogP contribution in [0.15, 0.2) is 35.1 Å². The van der Waals surface area contributed by atoms with Gasteiger partial charge in [0.2, 0.25) is 0 Å². The normalized spacial score (nSPS) is 10.5. The molecule has 88 valence electrons.